The summed E-state index contributed by atoms with van der Waals surface area (Å²) in [6, 6.07) is -1.02. The molecule has 1 aliphatic heterocycles. The van der Waals surface area contributed by atoms with Crippen LogP contribution in [-0.4, -0.2) is 33.8 Å². The third-order valence-electron chi connectivity index (χ3n) is 2.08. The van der Waals surface area contributed by atoms with Crippen molar-refractivity contribution in [3.63, 3.8) is 0 Å². The lowest BCUT2D eigenvalue weighted by atomic mass is 10.2. The smallest absolute Gasteiger partial charge is 0.326 e. The van der Waals surface area contributed by atoms with Gasteiger partial charge in [-0.1, -0.05) is 6.58 Å². The molecule has 14 heavy (non-hydrogen) atoms. The van der Waals surface area contributed by atoms with Gasteiger partial charge in [0.05, 0.1) is 0 Å². The first kappa shape index (κ1) is 10.4. The molecular weight excluding hydrogens is 186 g/mol. The average molecular weight is 197 g/mol. The monoisotopic (exact) mass is 197 g/mol. The Kier molecular flexibility index (Phi) is 2.69. The van der Waals surface area contributed by atoms with Crippen LogP contribution >= 0.6 is 0 Å². The van der Waals surface area contributed by atoms with Crippen molar-refractivity contribution in [3.05, 3.63) is 12.2 Å². The van der Waals surface area contributed by atoms with Crippen LogP contribution in [0.15, 0.2) is 12.2 Å². The molecule has 1 aliphatic rings. The van der Waals surface area contributed by atoms with Crippen LogP contribution in [0.3, 0.4) is 0 Å². The Morgan fingerprint density at radius 3 is 2.57 bits per heavy atom. The van der Waals surface area contributed by atoms with E-state index in [0.717, 1.165) is 4.90 Å². The molecule has 1 atom stereocenters. The van der Waals surface area contributed by atoms with E-state index in [1.807, 2.05) is 0 Å². The molecule has 0 aromatic carbocycles. The van der Waals surface area contributed by atoms with Gasteiger partial charge in [-0.2, -0.15) is 0 Å². The summed E-state index contributed by atoms with van der Waals surface area (Å²) < 4.78 is 0. The van der Waals surface area contributed by atoms with Crippen LogP contribution in [0.2, 0.25) is 0 Å². The van der Waals surface area contributed by atoms with Gasteiger partial charge in [-0.3, -0.25) is 14.5 Å². The molecule has 0 spiro atoms. The van der Waals surface area contributed by atoms with Gasteiger partial charge in [-0.15, -0.1) is 0 Å². The minimum Gasteiger partial charge on any atom is -0.480 e. The minimum atomic E-state index is -1.15. The lowest BCUT2D eigenvalue weighted by Gasteiger charge is -2.19. The summed E-state index contributed by atoms with van der Waals surface area (Å²) in [6.07, 6.45) is 0.295. The summed E-state index contributed by atoms with van der Waals surface area (Å²) in [5.74, 6) is -2.18. The summed E-state index contributed by atoms with van der Waals surface area (Å²) >= 11 is 0. The third-order valence-corrected chi connectivity index (χ3v) is 2.08. The van der Waals surface area contributed by atoms with Crippen molar-refractivity contribution >= 4 is 17.8 Å². The fourth-order valence-electron chi connectivity index (χ4n) is 1.38. The highest BCUT2D eigenvalue weighted by molar-refractivity contribution is 6.07. The summed E-state index contributed by atoms with van der Waals surface area (Å²) in [6.45, 7) is 4.84. The maximum atomic E-state index is 11.4. The molecule has 0 aromatic rings. The van der Waals surface area contributed by atoms with Gasteiger partial charge in [0.1, 0.15) is 6.04 Å². The largest absolute Gasteiger partial charge is 0.480 e. The number of aliphatic carboxylic acids is 1. The Morgan fingerprint density at radius 1 is 1.57 bits per heavy atom. The fraction of sp³-hybridized carbons (Fsp3) is 0.444. The summed E-state index contributed by atoms with van der Waals surface area (Å²) in [4.78, 5) is 34.1. The van der Waals surface area contributed by atoms with Gasteiger partial charge >= 0.3 is 5.97 Å². The first-order valence-corrected chi connectivity index (χ1v) is 4.20. The lowest BCUT2D eigenvalue weighted by molar-refractivity contribution is -0.152. The van der Waals surface area contributed by atoms with E-state index in [2.05, 4.69) is 6.58 Å². The van der Waals surface area contributed by atoms with Gasteiger partial charge in [0.2, 0.25) is 5.91 Å². The molecule has 1 heterocycles. The normalized spacial score (nSPS) is 21.1. The van der Waals surface area contributed by atoms with Crippen LogP contribution in [0, 0.1) is 0 Å². The number of carboxylic acids is 1. The van der Waals surface area contributed by atoms with E-state index in [9.17, 15) is 14.4 Å². The number of rotatable bonds is 2. The average Bonchev–Trinajstić information content (AvgIpc) is 2.45. The Hall–Kier alpha value is -1.65. The number of likely N-dealkylation sites (tertiary alicyclic amines) is 1. The van der Waals surface area contributed by atoms with Crippen molar-refractivity contribution in [3.8, 4) is 0 Å². The molecule has 0 saturated carbocycles. The maximum absolute atomic E-state index is 11.4. The first-order chi connectivity index (χ1) is 6.45. The van der Waals surface area contributed by atoms with Gasteiger partial charge in [0.15, 0.2) is 0 Å². The Balaban J connectivity index is 2.93. The van der Waals surface area contributed by atoms with Crippen LogP contribution in [0.1, 0.15) is 19.8 Å². The summed E-state index contributed by atoms with van der Waals surface area (Å²) in [5.41, 5.74) is 0.173. The zero-order chi connectivity index (χ0) is 10.9. The molecule has 5 heteroatoms. The summed E-state index contributed by atoms with van der Waals surface area (Å²) in [7, 11) is 0. The van der Waals surface area contributed by atoms with E-state index in [1.54, 1.807) is 0 Å². The van der Waals surface area contributed by atoms with E-state index in [1.165, 1.54) is 6.92 Å². The first-order valence-electron chi connectivity index (χ1n) is 4.20. The Bertz CT molecular complexity index is 321. The van der Waals surface area contributed by atoms with Gasteiger partial charge in [0, 0.05) is 12.0 Å². The predicted molar refractivity (Wildman–Crippen MR) is 47.3 cm³/mol. The number of carbonyl (C=O) groups excluding carboxylic acids is 2. The zero-order valence-electron chi connectivity index (χ0n) is 7.82. The standard InChI is InChI=1S/C9H11NO4/c1-5(2)8(12)10-6(9(13)14)3-4-7(10)11/h6H,1,3-4H2,2H3,(H,13,14)/t6-/m0/s1. The molecule has 0 radical (unpaired) electrons. The van der Waals surface area contributed by atoms with Gasteiger partial charge in [-0.25, -0.2) is 4.79 Å². The minimum absolute atomic E-state index is 0.107. The van der Waals surface area contributed by atoms with Crippen molar-refractivity contribution in [2.75, 3.05) is 0 Å². The zero-order valence-corrected chi connectivity index (χ0v) is 7.82. The van der Waals surface area contributed by atoms with E-state index < -0.39 is 23.8 Å². The third kappa shape index (κ3) is 1.66. The molecule has 1 fully saturated rings. The molecule has 0 bridgehead atoms. The molecule has 0 aromatic heterocycles. The summed E-state index contributed by atoms with van der Waals surface area (Å²) in [5, 5.41) is 8.76. The number of carboxylic acid groups (broad SMARTS) is 1. The van der Waals surface area contributed by atoms with E-state index in [0.29, 0.717) is 0 Å². The Labute approximate surface area is 81.0 Å². The van der Waals surface area contributed by atoms with Gasteiger partial charge in [0.25, 0.3) is 5.91 Å². The molecule has 1 rings (SSSR count). The van der Waals surface area contributed by atoms with Crippen molar-refractivity contribution in [1.29, 1.82) is 0 Å². The molecule has 1 saturated heterocycles. The SMILES string of the molecule is C=C(C)C(=O)N1C(=O)CC[C@H]1C(=O)O. The number of nitrogens with zero attached hydrogens (tertiary/aromatic N) is 1. The van der Waals surface area contributed by atoms with E-state index in [-0.39, 0.29) is 18.4 Å². The van der Waals surface area contributed by atoms with Crippen molar-refractivity contribution in [1.82, 2.24) is 4.90 Å². The second-order valence-corrected chi connectivity index (χ2v) is 3.24. The number of hydrogen-bond donors (Lipinski definition) is 1. The van der Waals surface area contributed by atoms with Crippen LogP contribution in [0.4, 0.5) is 0 Å². The highest BCUT2D eigenvalue weighted by Gasteiger charge is 2.40. The van der Waals surface area contributed by atoms with E-state index in [4.69, 9.17) is 5.11 Å². The predicted octanol–water partition coefficient (Wildman–Crippen LogP) is 0.165. The molecule has 0 aliphatic carbocycles. The molecular formula is C9H11NO4. The molecule has 0 unspecified atom stereocenters. The van der Waals surface area contributed by atoms with Crippen molar-refractivity contribution in [2.45, 2.75) is 25.8 Å². The highest BCUT2D eigenvalue weighted by atomic mass is 16.4. The number of hydrogen-bond acceptors (Lipinski definition) is 3. The van der Waals surface area contributed by atoms with Crippen LogP contribution in [0.5, 0.6) is 0 Å². The lowest BCUT2D eigenvalue weighted by Crippen LogP contribution is -2.43. The van der Waals surface area contributed by atoms with Gasteiger partial charge in [-0.05, 0) is 13.3 Å². The van der Waals surface area contributed by atoms with E-state index >= 15 is 0 Å². The molecule has 2 amide bonds. The number of carbonyl (C=O) groups is 3. The van der Waals surface area contributed by atoms with Gasteiger partial charge < -0.3 is 5.11 Å². The number of imide groups is 1. The van der Waals surface area contributed by atoms with Crippen LogP contribution in [0.25, 0.3) is 0 Å². The molecule has 1 N–H and O–H groups in total. The fourth-order valence-corrected chi connectivity index (χ4v) is 1.38. The second-order valence-electron chi connectivity index (χ2n) is 3.24. The van der Waals surface area contributed by atoms with Crippen molar-refractivity contribution in [2.24, 2.45) is 0 Å². The van der Waals surface area contributed by atoms with Crippen molar-refractivity contribution < 1.29 is 19.5 Å². The molecule has 76 valence electrons. The van der Waals surface area contributed by atoms with Crippen LogP contribution < -0.4 is 0 Å². The quantitative estimate of drug-likeness (QED) is 0.640. The van der Waals surface area contributed by atoms with Crippen LogP contribution in [-0.2, 0) is 14.4 Å². The second kappa shape index (κ2) is 3.61. The Morgan fingerprint density at radius 2 is 2.14 bits per heavy atom. The molecule has 5 nitrogen and oxygen atoms in total. The number of amides is 2. The maximum Gasteiger partial charge on any atom is 0.326 e. The topological polar surface area (TPSA) is 74.7 Å². The highest BCUT2D eigenvalue weighted by Crippen LogP contribution is 2.20.